The monoisotopic (exact) mass is 337 g/mol. The van der Waals surface area contributed by atoms with Gasteiger partial charge in [0.25, 0.3) is 0 Å². The standard InChI is InChI=1S/C22H27NO2/c1-3-17(2)23-15-14-22(25,19-12-8-5-9-13-19)20(16-23)21(24)18-10-6-4-7-11-18/h4-13,17,20,25H,3,14-16H2,1-2H3. The Morgan fingerprint density at radius 3 is 2.36 bits per heavy atom. The number of hydrogen-bond acceptors (Lipinski definition) is 3. The minimum absolute atomic E-state index is 0.0277. The fourth-order valence-corrected chi connectivity index (χ4v) is 3.80. The molecule has 2 aromatic carbocycles. The van der Waals surface area contributed by atoms with E-state index in [1.807, 2.05) is 60.7 Å². The van der Waals surface area contributed by atoms with Gasteiger partial charge >= 0.3 is 0 Å². The van der Waals surface area contributed by atoms with Crippen LogP contribution in [0.3, 0.4) is 0 Å². The lowest BCUT2D eigenvalue weighted by atomic mass is 9.72. The summed E-state index contributed by atoms with van der Waals surface area (Å²) in [7, 11) is 0. The Kier molecular flexibility index (Phi) is 5.36. The number of benzene rings is 2. The van der Waals surface area contributed by atoms with E-state index in [0.717, 1.165) is 18.5 Å². The van der Waals surface area contributed by atoms with Crippen molar-refractivity contribution in [2.75, 3.05) is 13.1 Å². The molecule has 3 nitrogen and oxygen atoms in total. The van der Waals surface area contributed by atoms with E-state index in [-0.39, 0.29) is 5.78 Å². The zero-order valence-electron chi connectivity index (χ0n) is 15.1. The van der Waals surface area contributed by atoms with Crippen LogP contribution >= 0.6 is 0 Å². The van der Waals surface area contributed by atoms with Crippen LogP contribution in [0.1, 0.15) is 42.6 Å². The molecule has 0 aromatic heterocycles. The number of Topliss-reactive ketones (excluding diaryl/α,β-unsaturated/α-hetero) is 1. The van der Waals surface area contributed by atoms with E-state index in [0.29, 0.717) is 24.6 Å². The number of piperidine rings is 1. The van der Waals surface area contributed by atoms with E-state index in [1.165, 1.54) is 0 Å². The smallest absolute Gasteiger partial charge is 0.170 e. The third-order valence-electron chi connectivity index (χ3n) is 5.64. The second kappa shape index (κ2) is 7.51. The summed E-state index contributed by atoms with van der Waals surface area (Å²) in [5, 5.41) is 11.6. The van der Waals surface area contributed by atoms with Crippen LogP contribution in [-0.2, 0) is 5.60 Å². The van der Waals surface area contributed by atoms with E-state index in [2.05, 4.69) is 18.7 Å². The average Bonchev–Trinajstić information content (AvgIpc) is 2.68. The Balaban J connectivity index is 1.98. The molecule has 1 fully saturated rings. The third-order valence-corrected chi connectivity index (χ3v) is 5.64. The minimum Gasteiger partial charge on any atom is -0.384 e. The molecular formula is C22H27NO2. The number of likely N-dealkylation sites (tertiary alicyclic amines) is 1. The molecule has 1 saturated heterocycles. The van der Waals surface area contributed by atoms with Crippen molar-refractivity contribution in [3.05, 3.63) is 71.8 Å². The van der Waals surface area contributed by atoms with E-state index < -0.39 is 11.5 Å². The van der Waals surface area contributed by atoms with Crippen LogP contribution in [-0.4, -0.2) is 34.9 Å². The number of ketones is 1. The zero-order chi connectivity index (χ0) is 17.9. The Bertz CT molecular complexity index is 700. The highest BCUT2D eigenvalue weighted by atomic mass is 16.3. The van der Waals surface area contributed by atoms with Gasteiger partial charge in [-0.05, 0) is 25.3 Å². The first-order valence-corrected chi connectivity index (χ1v) is 9.17. The summed E-state index contributed by atoms with van der Waals surface area (Å²) in [6.45, 7) is 5.75. The number of hydrogen-bond donors (Lipinski definition) is 1. The van der Waals surface area contributed by atoms with Crippen molar-refractivity contribution in [1.29, 1.82) is 0 Å². The van der Waals surface area contributed by atoms with E-state index in [1.54, 1.807) is 0 Å². The van der Waals surface area contributed by atoms with Gasteiger partial charge in [0.05, 0.1) is 5.92 Å². The summed E-state index contributed by atoms with van der Waals surface area (Å²) in [4.78, 5) is 15.6. The fraction of sp³-hybridized carbons (Fsp3) is 0.409. The lowest BCUT2D eigenvalue weighted by molar-refractivity contribution is -0.0712. The van der Waals surface area contributed by atoms with Gasteiger partial charge in [-0.3, -0.25) is 9.69 Å². The highest BCUT2D eigenvalue weighted by Gasteiger charge is 2.47. The van der Waals surface area contributed by atoms with Gasteiger partial charge < -0.3 is 5.11 Å². The van der Waals surface area contributed by atoms with Crippen LogP contribution in [0.5, 0.6) is 0 Å². The van der Waals surface area contributed by atoms with Crippen molar-refractivity contribution < 1.29 is 9.90 Å². The molecule has 0 bridgehead atoms. The summed E-state index contributed by atoms with van der Waals surface area (Å²) >= 11 is 0. The number of carbonyl (C=O) groups excluding carboxylic acids is 1. The Morgan fingerprint density at radius 2 is 1.76 bits per heavy atom. The van der Waals surface area contributed by atoms with Crippen LogP contribution in [0.25, 0.3) is 0 Å². The highest BCUT2D eigenvalue weighted by Crippen LogP contribution is 2.39. The summed E-state index contributed by atoms with van der Waals surface area (Å²) in [6, 6.07) is 19.4. The van der Waals surface area contributed by atoms with Gasteiger partial charge in [0, 0.05) is 24.7 Å². The fourth-order valence-electron chi connectivity index (χ4n) is 3.80. The van der Waals surface area contributed by atoms with Crippen LogP contribution in [0.15, 0.2) is 60.7 Å². The molecule has 3 rings (SSSR count). The predicted octanol–water partition coefficient (Wildman–Crippen LogP) is 3.88. The lowest BCUT2D eigenvalue weighted by Gasteiger charge is -2.46. The highest BCUT2D eigenvalue weighted by molar-refractivity contribution is 5.99. The van der Waals surface area contributed by atoms with Gasteiger partial charge in [-0.1, -0.05) is 67.6 Å². The summed E-state index contributed by atoms with van der Waals surface area (Å²) in [5.74, 6) is -0.431. The van der Waals surface area contributed by atoms with Gasteiger partial charge in [0.1, 0.15) is 5.60 Å². The Morgan fingerprint density at radius 1 is 1.16 bits per heavy atom. The first kappa shape index (κ1) is 17.8. The van der Waals surface area contributed by atoms with Gasteiger partial charge in [0.2, 0.25) is 0 Å². The quantitative estimate of drug-likeness (QED) is 0.842. The number of aliphatic hydroxyl groups is 1. The van der Waals surface area contributed by atoms with Crippen molar-refractivity contribution in [3.8, 4) is 0 Å². The van der Waals surface area contributed by atoms with Crippen molar-refractivity contribution in [2.24, 2.45) is 5.92 Å². The summed E-state index contributed by atoms with van der Waals surface area (Å²) < 4.78 is 0. The third kappa shape index (κ3) is 3.53. The first-order valence-electron chi connectivity index (χ1n) is 9.17. The molecule has 0 saturated carbocycles. The van der Waals surface area contributed by atoms with Crippen molar-refractivity contribution in [1.82, 2.24) is 4.90 Å². The van der Waals surface area contributed by atoms with Crippen LogP contribution in [0.4, 0.5) is 0 Å². The average molecular weight is 337 g/mol. The molecule has 1 aliphatic heterocycles. The first-order chi connectivity index (χ1) is 12.1. The van der Waals surface area contributed by atoms with Crippen LogP contribution < -0.4 is 0 Å². The maximum atomic E-state index is 13.3. The number of nitrogens with zero attached hydrogens (tertiary/aromatic N) is 1. The molecule has 3 unspecified atom stereocenters. The molecule has 0 radical (unpaired) electrons. The molecule has 0 spiro atoms. The van der Waals surface area contributed by atoms with Crippen molar-refractivity contribution >= 4 is 5.78 Å². The number of rotatable bonds is 5. The molecule has 3 heteroatoms. The normalized spacial score (nSPS) is 25.5. The second-order valence-corrected chi connectivity index (χ2v) is 7.08. The topological polar surface area (TPSA) is 40.5 Å². The molecule has 1 heterocycles. The summed E-state index contributed by atoms with van der Waals surface area (Å²) in [6.07, 6.45) is 1.61. The molecule has 1 aliphatic rings. The Hall–Kier alpha value is -1.97. The molecule has 2 aromatic rings. The zero-order valence-corrected chi connectivity index (χ0v) is 15.1. The molecular weight excluding hydrogens is 310 g/mol. The molecule has 3 atom stereocenters. The van der Waals surface area contributed by atoms with Gasteiger partial charge in [0.15, 0.2) is 5.78 Å². The van der Waals surface area contributed by atoms with Crippen molar-refractivity contribution in [3.63, 3.8) is 0 Å². The van der Waals surface area contributed by atoms with Crippen LogP contribution in [0.2, 0.25) is 0 Å². The predicted molar refractivity (Wildman–Crippen MR) is 101 cm³/mol. The maximum absolute atomic E-state index is 13.3. The van der Waals surface area contributed by atoms with Crippen molar-refractivity contribution in [2.45, 2.75) is 38.3 Å². The van der Waals surface area contributed by atoms with Gasteiger partial charge in [-0.25, -0.2) is 0 Å². The van der Waals surface area contributed by atoms with E-state index in [4.69, 9.17) is 0 Å². The lowest BCUT2D eigenvalue weighted by Crippen LogP contribution is -2.55. The Labute approximate surface area is 150 Å². The van der Waals surface area contributed by atoms with Crippen LogP contribution in [0, 0.1) is 5.92 Å². The van der Waals surface area contributed by atoms with Gasteiger partial charge in [-0.2, -0.15) is 0 Å². The largest absolute Gasteiger partial charge is 0.384 e. The van der Waals surface area contributed by atoms with Gasteiger partial charge in [-0.15, -0.1) is 0 Å². The minimum atomic E-state index is -1.11. The second-order valence-electron chi connectivity index (χ2n) is 7.08. The molecule has 0 amide bonds. The molecule has 25 heavy (non-hydrogen) atoms. The molecule has 0 aliphatic carbocycles. The number of carbonyl (C=O) groups is 1. The van der Waals surface area contributed by atoms with E-state index >= 15 is 0 Å². The SMILES string of the molecule is CCC(C)N1CCC(O)(c2ccccc2)C(C(=O)c2ccccc2)C1. The maximum Gasteiger partial charge on any atom is 0.170 e. The molecule has 1 N–H and O–H groups in total. The van der Waals surface area contributed by atoms with E-state index in [9.17, 15) is 9.90 Å². The summed E-state index contributed by atoms with van der Waals surface area (Å²) in [5.41, 5.74) is 0.402. The molecule has 132 valence electrons.